The number of fused-ring (bicyclic) bond motifs is 3. The van der Waals surface area contributed by atoms with Crippen LogP contribution in [0.1, 0.15) is 56.6 Å². The highest BCUT2D eigenvalue weighted by Gasteiger charge is 2.41. The Labute approximate surface area is 202 Å². The van der Waals surface area contributed by atoms with Crippen molar-refractivity contribution >= 4 is 28.0 Å². The Hall–Kier alpha value is -4.04. The number of nitrogens with zero attached hydrogens (tertiary/aromatic N) is 4. The number of H-pyrrole nitrogens is 1. The molecule has 1 aliphatic carbocycles. The largest absolute Gasteiger partial charge is 0.691 e. The van der Waals surface area contributed by atoms with Crippen LogP contribution in [0.2, 0.25) is 0 Å². The van der Waals surface area contributed by atoms with Gasteiger partial charge in [-0.2, -0.15) is 0 Å². The van der Waals surface area contributed by atoms with Crippen LogP contribution < -0.4 is 4.85 Å². The van der Waals surface area contributed by atoms with Crippen LogP contribution in [0, 0.1) is 5.21 Å². The molecule has 6 rings (SSSR count). The summed E-state index contributed by atoms with van der Waals surface area (Å²) in [6.07, 6.45) is 6.26. The van der Waals surface area contributed by atoms with E-state index in [2.05, 4.69) is 52.5 Å². The van der Waals surface area contributed by atoms with Gasteiger partial charge >= 0.3 is 0 Å². The molecule has 0 fully saturated rings. The normalized spacial score (nSPS) is 15.9. The van der Waals surface area contributed by atoms with Crippen LogP contribution in [0.4, 0.5) is 0 Å². The number of rotatable bonds is 5. The molecule has 4 aromatic rings. The van der Waals surface area contributed by atoms with E-state index in [9.17, 15) is 14.8 Å². The van der Waals surface area contributed by atoms with E-state index in [1.54, 1.807) is 24.3 Å². The number of aromatic amines is 1. The second-order valence-corrected chi connectivity index (χ2v) is 9.10. The van der Waals surface area contributed by atoms with Crippen LogP contribution in [0.25, 0.3) is 16.5 Å². The summed E-state index contributed by atoms with van der Waals surface area (Å²) in [6.45, 7) is 4.77. The number of aryl methyl sites for hydroxylation is 1. The van der Waals surface area contributed by atoms with E-state index in [-0.39, 0.29) is 22.7 Å². The Bertz CT molecular complexity index is 1530. The van der Waals surface area contributed by atoms with Crippen molar-refractivity contribution in [3.63, 3.8) is 0 Å². The first kappa shape index (κ1) is 21.5. The number of benzene rings is 2. The summed E-state index contributed by atoms with van der Waals surface area (Å²) in [5, 5.41) is 17.6. The van der Waals surface area contributed by atoms with Crippen molar-refractivity contribution in [2.24, 2.45) is 0 Å². The quantitative estimate of drug-likeness (QED) is 0.316. The van der Waals surface area contributed by atoms with Crippen molar-refractivity contribution in [3.8, 4) is 0 Å². The van der Waals surface area contributed by atoms with E-state index in [1.807, 2.05) is 0 Å². The summed E-state index contributed by atoms with van der Waals surface area (Å²) in [5.41, 5.74) is 5.54. The molecular formula is C27H25N5O3. The average molecular weight is 468 g/mol. The third-order valence-electron chi connectivity index (χ3n) is 7.13. The van der Waals surface area contributed by atoms with Crippen LogP contribution in [0.15, 0.2) is 54.7 Å². The number of hydrogen-bond donors (Lipinski definition) is 1. The molecule has 0 radical (unpaired) electrons. The van der Waals surface area contributed by atoms with Crippen molar-refractivity contribution in [2.75, 3.05) is 19.6 Å². The fourth-order valence-corrected chi connectivity index (χ4v) is 5.16. The molecule has 8 heteroatoms. The Morgan fingerprint density at radius 3 is 2.60 bits per heavy atom. The van der Waals surface area contributed by atoms with Gasteiger partial charge in [0, 0.05) is 53.4 Å². The highest BCUT2D eigenvalue weighted by atomic mass is 16.5. The van der Waals surface area contributed by atoms with Gasteiger partial charge in [-0.25, -0.2) is 0 Å². The number of aromatic nitrogens is 4. The average Bonchev–Trinajstić information content (AvgIpc) is 3.47. The van der Waals surface area contributed by atoms with E-state index in [0.717, 1.165) is 31.4 Å². The SMILES string of the molecule is CCc1ccc2[nH]cc(C3=CCN(CCn4n[n+]([O-])c5c4C(=O)c4ccccc4C5=O)CC3)c2c1. The van der Waals surface area contributed by atoms with Gasteiger partial charge in [-0.1, -0.05) is 43.3 Å². The molecule has 1 aliphatic heterocycles. The van der Waals surface area contributed by atoms with Crippen LogP contribution in [-0.4, -0.2) is 51.0 Å². The van der Waals surface area contributed by atoms with Gasteiger partial charge in [-0.15, -0.1) is 9.53 Å². The van der Waals surface area contributed by atoms with Crippen molar-refractivity contribution in [1.29, 1.82) is 0 Å². The molecule has 1 N–H and O–H groups in total. The smallest absolute Gasteiger partial charge is 0.254 e. The first-order chi connectivity index (χ1) is 17.0. The van der Waals surface area contributed by atoms with Gasteiger partial charge in [0.25, 0.3) is 11.4 Å². The highest BCUT2D eigenvalue weighted by molar-refractivity contribution is 6.26. The fourth-order valence-electron chi connectivity index (χ4n) is 5.16. The number of carbonyl (C=O) groups excluding carboxylic acids is 2. The van der Waals surface area contributed by atoms with E-state index in [4.69, 9.17) is 0 Å². The third kappa shape index (κ3) is 3.49. The van der Waals surface area contributed by atoms with Gasteiger partial charge in [-0.3, -0.25) is 14.5 Å². The second-order valence-electron chi connectivity index (χ2n) is 9.10. The number of hydrogen-bond acceptors (Lipinski definition) is 5. The number of nitrogens with one attached hydrogen (secondary N) is 1. The summed E-state index contributed by atoms with van der Waals surface area (Å²) in [7, 11) is 0. The molecule has 2 aromatic carbocycles. The predicted octanol–water partition coefficient (Wildman–Crippen LogP) is 3.12. The summed E-state index contributed by atoms with van der Waals surface area (Å²) in [6, 6.07) is 13.2. The van der Waals surface area contributed by atoms with Crippen LogP contribution in [-0.2, 0) is 13.0 Å². The monoisotopic (exact) mass is 467 g/mol. The maximum absolute atomic E-state index is 13.1. The van der Waals surface area contributed by atoms with Gasteiger partial charge in [0.15, 0.2) is 0 Å². The zero-order valence-electron chi connectivity index (χ0n) is 19.5. The first-order valence-corrected chi connectivity index (χ1v) is 12.0. The molecular weight excluding hydrogens is 442 g/mol. The Kier molecular flexibility index (Phi) is 5.11. The Morgan fingerprint density at radius 1 is 1.06 bits per heavy atom. The van der Waals surface area contributed by atoms with Gasteiger partial charge in [0.2, 0.25) is 11.6 Å². The second kappa shape index (κ2) is 8.32. The Morgan fingerprint density at radius 2 is 1.86 bits per heavy atom. The first-order valence-electron chi connectivity index (χ1n) is 12.0. The number of carbonyl (C=O) groups is 2. The van der Waals surface area contributed by atoms with Gasteiger partial charge in [0.1, 0.15) is 6.54 Å². The molecule has 0 saturated heterocycles. The molecule has 0 bridgehead atoms. The lowest BCUT2D eigenvalue weighted by molar-refractivity contribution is -0.672. The summed E-state index contributed by atoms with van der Waals surface area (Å²) < 4.78 is 1.39. The minimum absolute atomic E-state index is 0.0856. The van der Waals surface area contributed by atoms with E-state index in [0.29, 0.717) is 23.5 Å². The molecule has 0 amide bonds. The van der Waals surface area contributed by atoms with E-state index in [1.165, 1.54) is 26.8 Å². The third-order valence-corrected chi connectivity index (χ3v) is 7.13. The van der Waals surface area contributed by atoms with Gasteiger partial charge in [-0.05, 0) is 36.1 Å². The Balaban J connectivity index is 1.19. The predicted molar refractivity (Wildman–Crippen MR) is 131 cm³/mol. The lowest BCUT2D eigenvalue weighted by Crippen LogP contribution is -2.38. The van der Waals surface area contributed by atoms with Crippen LogP contribution in [0.5, 0.6) is 0 Å². The molecule has 8 nitrogen and oxygen atoms in total. The molecule has 0 atom stereocenters. The minimum atomic E-state index is -0.452. The highest BCUT2D eigenvalue weighted by Crippen LogP contribution is 2.30. The summed E-state index contributed by atoms with van der Waals surface area (Å²) in [4.78, 5) is 31.8. The molecule has 2 aromatic heterocycles. The lowest BCUT2D eigenvalue weighted by atomic mass is 9.90. The molecule has 0 saturated carbocycles. The topological polar surface area (TPSA) is 97.9 Å². The van der Waals surface area contributed by atoms with Crippen molar-refractivity contribution < 1.29 is 14.4 Å². The molecule has 0 unspecified atom stereocenters. The van der Waals surface area contributed by atoms with Crippen molar-refractivity contribution in [1.82, 2.24) is 19.8 Å². The molecule has 176 valence electrons. The zero-order valence-corrected chi connectivity index (χ0v) is 19.5. The number of ketones is 2. The zero-order chi connectivity index (χ0) is 24.1. The fraction of sp³-hybridized carbons (Fsp3) is 0.259. The lowest BCUT2D eigenvalue weighted by Gasteiger charge is -2.25. The maximum atomic E-state index is 13.1. The molecule has 3 heterocycles. The maximum Gasteiger partial charge on any atom is 0.254 e. The van der Waals surface area contributed by atoms with Crippen LogP contribution in [0.3, 0.4) is 0 Å². The molecule has 35 heavy (non-hydrogen) atoms. The molecule has 0 spiro atoms. The van der Waals surface area contributed by atoms with E-state index >= 15 is 0 Å². The van der Waals surface area contributed by atoms with Crippen LogP contribution >= 0.6 is 0 Å². The van der Waals surface area contributed by atoms with E-state index < -0.39 is 5.78 Å². The molecule has 2 aliphatic rings. The van der Waals surface area contributed by atoms with Gasteiger partial charge in [0.05, 0.1) is 5.21 Å². The van der Waals surface area contributed by atoms with Gasteiger partial charge < -0.3 is 10.2 Å². The minimum Gasteiger partial charge on any atom is -0.691 e. The standard InChI is InChI=1S/C27H25N5O3/c1-2-17-7-8-23-21(15-17)22(16-28-23)18-9-11-30(12-10-18)13-14-31-24-25(32(35)29-31)27(34)20-6-4-3-5-19(20)26(24)33/h3-9,15-16,28H,2,10-14H2,1H3. The summed E-state index contributed by atoms with van der Waals surface area (Å²) >= 11 is 0. The van der Waals surface area contributed by atoms with Crippen molar-refractivity contribution in [2.45, 2.75) is 26.3 Å². The van der Waals surface area contributed by atoms with Crippen molar-refractivity contribution in [3.05, 3.63) is 93.6 Å². The summed E-state index contributed by atoms with van der Waals surface area (Å²) in [5.74, 6) is -0.782.